The fraction of sp³-hybridized carbons (Fsp3) is 0.421. The Morgan fingerprint density at radius 3 is 2.50 bits per heavy atom. The highest BCUT2D eigenvalue weighted by Gasteiger charge is 2.23. The first kappa shape index (κ1) is 18.9. The van der Waals surface area contributed by atoms with Crippen LogP contribution in [-0.2, 0) is 0 Å². The number of phenolic OH excluding ortho intramolecular Hbond substituents is 1. The highest BCUT2D eigenvalue weighted by molar-refractivity contribution is 9.10. The van der Waals surface area contributed by atoms with Gasteiger partial charge in [0, 0.05) is 49.5 Å². The average Bonchev–Trinajstić information content (AvgIpc) is 2.64. The van der Waals surface area contributed by atoms with Crippen LogP contribution in [-0.4, -0.2) is 54.3 Å². The number of rotatable bonds is 4. The number of nitrogens with zero attached hydrogens (tertiary/aromatic N) is 3. The summed E-state index contributed by atoms with van der Waals surface area (Å²) in [6, 6.07) is 4.97. The lowest BCUT2D eigenvalue weighted by Crippen LogP contribution is -2.49. The number of piperazine rings is 1. The lowest BCUT2D eigenvalue weighted by atomic mass is 10.1. The zero-order valence-electron chi connectivity index (χ0n) is 15.2. The van der Waals surface area contributed by atoms with Gasteiger partial charge in [0.25, 0.3) is 0 Å². The van der Waals surface area contributed by atoms with E-state index in [0.29, 0.717) is 27.5 Å². The second kappa shape index (κ2) is 7.80. The third-order valence-electron chi connectivity index (χ3n) is 4.75. The minimum atomic E-state index is -0.424. The van der Waals surface area contributed by atoms with E-state index in [-0.39, 0.29) is 5.75 Å². The first-order chi connectivity index (χ1) is 12.4. The maximum absolute atomic E-state index is 13.8. The summed E-state index contributed by atoms with van der Waals surface area (Å²) in [5.41, 5.74) is 1.90. The van der Waals surface area contributed by atoms with Crippen molar-refractivity contribution in [1.29, 1.82) is 0 Å². The number of aromatic nitrogens is 1. The molecule has 0 spiro atoms. The Morgan fingerprint density at radius 2 is 1.88 bits per heavy atom. The van der Waals surface area contributed by atoms with Gasteiger partial charge in [0.2, 0.25) is 5.88 Å². The minimum Gasteiger partial charge on any atom is -0.506 e. The maximum Gasteiger partial charge on any atom is 0.237 e. The largest absolute Gasteiger partial charge is 0.506 e. The zero-order chi connectivity index (χ0) is 18.8. The zero-order valence-corrected chi connectivity index (χ0v) is 16.8. The van der Waals surface area contributed by atoms with Gasteiger partial charge in [-0.2, -0.15) is 0 Å². The summed E-state index contributed by atoms with van der Waals surface area (Å²) in [6.45, 7) is 8.03. The number of phenols is 1. The molecule has 0 bridgehead atoms. The molecule has 7 heteroatoms. The molecule has 1 aliphatic rings. The topological polar surface area (TPSA) is 48.8 Å². The number of pyridine rings is 1. The molecule has 3 rings (SSSR count). The molecule has 1 fully saturated rings. The van der Waals surface area contributed by atoms with Gasteiger partial charge in [0.05, 0.1) is 11.6 Å². The maximum atomic E-state index is 13.8. The summed E-state index contributed by atoms with van der Waals surface area (Å²) in [6.07, 6.45) is 1.59. The number of ether oxygens (including phenoxy) is 1. The summed E-state index contributed by atoms with van der Waals surface area (Å²) in [5.74, 6) is 0.100. The Kier molecular flexibility index (Phi) is 5.67. The monoisotopic (exact) mass is 423 g/mol. The third kappa shape index (κ3) is 3.78. The van der Waals surface area contributed by atoms with Gasteiger partial charge in [0.15, 0.2) is 0 Å². The fourth-order valence-corrected chi connectivity index (χ4v) is 3.67. The lowest BCUT2D eigenvalue weighted by Gasteiger charge is -2.38. The molecule has 0 unspecified atom stereocenters. The first-order valence-corrected chi connectivity index (χ1v) is 9.41. The predicted molar refractivity (Wildman–Crippen MR) is 104 cm³/mol. The number of anilines is 1. The van der Waals surface area contributed by atoms with Crippen LogP contribution in [0.15, 0.2) is 28.9 Å². The van der Waals surface area contributed by atoms with E-state index in [1.54, 1.807) is 13.3 Å². The van der Waals surface area contributed by atoms with E-state index in [1.165, 1.54) is 12.1 Å². The van der Waals surface area contributed by atoms with Gasteiger partial charge in [-0.25, -0.2) is 9.37 Å². The van der Waals surface area contributed by atoms with E-state index in [4.69, 9.17) is 4.74 Å². The molecule has 0 aliphatic carbocycles. The van der Waals surface area contributed by atoms with Crippen LogP contribution in [0.5, 0.6) is 11.6 Å². The van der Waals surface area contributed by atoms with Crippen molar-refractivity contribution < 1.29 is 14.2 Å². The number of halogens is 2. The van der Waals surface area contributed by atoms with Crippen LogP contribution in [0.25, 0.3) is 11.1 Å². The number of hydrogen-bond acceptors (Lipinski definition) is 5. The second-order valence-electron chi connectivity index (χ2n) is 6.65. The van der Waals surface area contributed by atoms with E-state index in [1.807, 2.05) is 6.07 Å². The van der Waals surface area contributed by atoms with E-state index < -0.39 is 5.82 Å². The average molecular weight is 424 g/mol. The van der Waals surface area contributed by atoms with Crippen LogP contribution in [0.4, 0.5) is 10.1 Å². The molecular weight excluding hydrogens is 401 g/mol. The van der Waals surface area contributed by atoms with Crippen LogP contribution < -0.4 is 9.64 Å². The van der Waals surface area contributed by atoms with Crippen LogP contribution in [0.3, 0.4) is 0 Å². The van der Waals surface area contributed by atoms with Gasteiger partial charge in [0.1, 0.15) is 17.3 Å². The standard InChI is InChI=1S/C19H23BrFN3O2/c1-12(2)23-4-6-24(7-5-23)17-8-13(11-22-19(17)26-3)15-9-14(21)10-16(20)18(15)25/h8-12,25H,4-7H2,1-3H3. The molecule has 2 heterocycles. The molecule has 26 heavy (non-hydrogen) atoms. The van der Waals surface area contributed by atoms with Crippen LogP contribution in [0.2, 0.25) is 0 Å². The van der Waals surface area contributed by atoms with Crippen molar-refractivity contribution in [3.63, 3.8) is 0 Å². The molecule has 1 aromatic heterocycles. The third-order valence-corrected chi connectivity index (χ3v) is 5.35. The first-order valence-electron chi connectivity index (χ1n) is 8.62. The van der Waals surface area contributed by atoms with Crippen LogP contribution >= 0.6 is 15.9 Å². The highest BCUT2D eigenvalue weighted by Crippen LogP contribution is 2.39. The summed E-state index contributed by atoms with van der Waals surface area (Å²) in [5, 5.41) is 10.3. The Hall–Kier alpha value is -1.86. The van der Waals surface area contributed by atoms with Gasteiger partial charge >= 0.3 is 0 Å². The molecule has 140 valence electrons. The minimum absolute atomic E-state index is 0.00561. The van der Waals surface area contributed by atoms with E-state index in [0.717, 1.165) is 31.9 Å². The van der Waals surface area contributed by atoms with Crippen LogP contribution in [0, 0.1) is 5.82 Å². The highest BCUT2D eigenvalue weighted by atomic mass is 79.9. The Bertz CT molecular complexity index is 793. The molecule has 0 radical (unpaired) electrons. The summed E-state index contributed by atoms with van der Waals surface area (Å²) in [4.78, 5) is 9.03. The van der Waals surface area contributed by atoms with E-state index >= 15 is 0 Å². The van der Waals surface area contributed by atoms with Crippen LogP contribution in [0.1, 0.15) is 13.8 Å². The van der Waals surface area contributed by atoms with Crippen molar-refractivity contribution in [2.45, 2.75) is 19.9 Å². The molecular formula is C19H23BrFN3O2. The van der Waals surface area contributed by atoms with Gasteiger partial charge < -0.3 is 14.7 Å². The van der Waals surface area contributed by atoms with Gasteiger partial charge in [-0.3, -0.25) is 4.90 Å². The number of hydrogen-bond donors (Lipinski definition) is 1. The van der Waals surface area contributed by atoms with Gasteiger partial charge in [-0.1, -0.05) is 0 Å². The van der Waals surface area contributed by atoms with Crippen molar-refractivity contribution >= 4 is 21.6 Å². The van der Waals surface area contributed by atoms with Gasteiger partial charge in [-0.15, -0.1) is 0 Å². The Labute approximate surface area is 161 Å². The van der Waals surface area contributed by atoms with Crippen molar-refractivity contribution in [3.05, 3.63) is 34.7 Å². The Balaban J connectivity index is 1.96. The molecule has 0 atom stereocenters. The van der Waals surface area contributed by atoms with Crippen molar-refractivity contribution in [2.24, 2.45) is 0 Å². The molecule has 0 amide bonds. The van der Waals surface area contributed by atoms with Crippen molar-refractivity contribution in [3.8, 4) is 22.8 Å². The normalized spacial score (nSPS) is 15.5. The summed E-state index contributed by atoms with van der Waals surface area (Å²) in [7, 11) is 1.59. The second-order valence-corrected chi connectivity index (χ2v) is 7.51. The molecule has 1 N–H and O–H groups in total. The number of methoxy groups -OCH3 is 1. The molecule has 5 nitrogen and oxygen atoms in total. The number of aromatic hydroxyl groups is 1. The molecule has 1 saturated heterocycles. The molecule has 2 aromatic rings. The molecule has 0 saturated carbocycles. The SMILES string of the molecule is COc1ncc(-c2cc(F)cc(Br)c2O)cc1N1CCN(C(C)C)CC1. The van der Waals surface area contributed by atoms with E-state index in [9.17, 15) is 9.50 Å². The fourth-order valence-electron chi connectivity index (χ4n) is 3.24. The molecule has 1 aromatic carbocycles. The lowest BCUT2D eigenvalue weighted by molar-refractivity contribution is 0.209. The Morgan fingerprint density at radius 1 is 1.19 bits per heavy atom. The van der Waals surface area contributed by atoms with Gasteiger partial charge in [-0.05, 0) is 48.0 Å². The smallest absolute Gasteiger partial charge is 0.237 e. The van der Waals surface area contributed by atoms with Crippen molar-refractivity contribution in [2.75, 3.05) is 38.2 Å². The summed E-state index contributed by atoms with van der Waals surface area (Å²) < 4.78 is 19.6. The molecule has 1 aliphatic heterocycles. The van der Waals surface area contributed by atoms with Crippen molar-refractivity contribution in [1.82, 2.24) is 9.88 Å². The number of benzene rings is 1. The quantitative estimate of drug-likeness (QED) is 0.807. The van der Waals surface area contributed by atoms with E-state index in [2.05, 4.69) is 44.6 Å². The predicted octanol–water partition coefficient (Wildman–Crippen LogP) is 3.89. The summed E-state index contributed by atoms with van der Waals surface area (Å²) >= 11 is 3.19.